The van der Waals surface area contributed by atoms with Crippen LogP contribution in [-0.4, -0.2) is 38.7 Å². The second-order valence-corrected chi connectivity index (χ2v) is 14.4. The zero-order valence-electron chi connectivity index (χ0n) is 29.4. The van der Waals surface area contributed by atoms with Crippen LogP contribution in [0.2, 0.25) is 0 Å². The van der Waals surface area contributed by atoms with E-state index in [2.05, 4.69) is 73.9 Å². The lowest BCUT2D eigenvalue weighted by Crippen LogP contribution is -2.25. The molecular weight excluding hydrogens is 582 g/mol. The molecule has 1 atom stereocenters. The van der Waals surface area contributed by atoms with E-state index in [1.165, 1.54) is 86.5 Å². The zero-order chi connectivity index (χ0) is 33.6. The smallest absolute Gasteiger partial charge is 0.334 e. The van der Waals surface area contributed by atoms with Crippen molar-refractivity contribution in [3.63, 3.8) is 0 Å². The standard InChI is InChI=1S/C42H59NO4/c1-6-8-32-10-14-35(15-11-32)37-18-22-39(23-19-37)40-24-20-38(21-25-40)36-16-12-33(13-17-36)27-34(29-47-41(44)30(2)3)9-7-26-46-42(45)31(4)28-43-5/h12-13,16-17,20-21,24-25,32,34-35,37,39,43H,2,4,6-11,14-15,18-19,22-23,26-29H2,1,3,5H3. The van der Waals surface area contributed by atoms with Gasteiger partial charge in [-0.25, -0.2) is 9.59 Å². The van der Waals surface area contributed by atoms with Gasteiger partial charge < -0.3 is 14.8 Å². The van der Waals surface area contributed by atoms with E-state index >= 15 is 0 Å². The Bertz CT molecular complexity index is 1280. The van der Waals surface area contributed by atoms with E-state index in [1.54, 1.807) is 14.0 Å². The molecule has 1 N–H and O–H groups in total. The average molecular weight is 642 g/mol. The third-order valence-corrected chi connectivity index (χ3v) is 10.7. The normalized spacial score (nSPS) is 21.9. The number of hydrogen-bond donors (Lipinski definition) is 1. The number of carbonyl (C=O) groups is 2. The third kappa shape index (κ3) is 11.5. The number of esters is 2. The molecule has 4 rings (SSSR count). The number of rotatable bonds is 17. The maximum atomic E-state index is 12.1. The third-order valence-electron chi connectivity index (χ3n) is 10.7. The quantitative estimate of drug-likeness (QED) is 0.106. The highest BCUT2D eigenvalue weighted by Gasteiger charge is 2.31. The van der Waals surface area contributed by atoms with Gasteiger partial charge in [-0.1, -0.05) is 94.3 Å². The molecule has 0 heterocycles. The molecule has 0 aliphatic heterocycles. The van der Waals surface area contributed by atoms with Gasteiger partial charge in [-0.15, -0.1) is 0 Å². The first-order valence-corrected chi connectivity index (χ1v) is 18.3. The fourth-order valence-electron chi connectivity index (χ4n) is 7.88. The Balaban J connectivity index is 1.26. The second kappa shape index (κ2) is 19.0. The summed E-state index contributed by atoms with van der Waals surface area (Å²) >= 11 is 0. The predicted molar refractivity (Wildman–Crippen MR) is 193 cm³/mol. The fraction of sp³-hybridized carbons (Fsp3) is 0.571. The number of hydrogen-bond acceptors (Lipinski definition) is 5. The van der Waals surface area contributed by atoms with Crippen LogP contribution in [0.5, 0.6) is 0 Å². The largest absolute Gasteiger partial charge is 0.462 e. The Kier molecular flexibility index (Phi) is 14.8. The van der Waals surface area contributed by atoms with Gasteiger partial charge in [0.2, 0.25) is 0 Å². The molecule has 0 aromatic heterocycles. The number of ether oxygens (including phenoxy) is 2. The van der Waals surface area contributed by atoms with Crippen molar-refractivity contribution in [1.29, 1.82) is 0 Å². The predicted octanol–water partition coefficient (Wildman–Crippen LogP) is 9.61. The Morgan fingerprint density at radius 1 is 0.830 bits per heavy atom. The van der Waals surface area contributed by atoms with E-state index in [9.17, 15) is 9.59 Å². The Hall–Kier alpha value is -3.18. The molecule has 0 bridgehead atoms. The molecule has 2 aliphatic carbocycles. The average Bonchev–Trinajstić information content (AvgIpc) is 3.09. The van der Waals surface area contributed by atoms with Gasteiger partial charge in [0.05, 0.1) is 13.2 Å². The number of carbonyl (C=O) groups excluding carboxylic acids is 2. The minimum atomic E-state index is -0.379. The number of nitrogens with one attached hydrogen (secondary N) is 1. The Labute approximate surface area is 284 Å². The monoisotopic (exact) mass is 641 g/mol. The van der Waals surface area contributed by atoms with Crippen molar-refractivity contribution < 1.29 is 19.1 Å². The first-order chi connectivity index (χ1) is 22.8. The van der Waals surface area contributed by atoms with Crippen LogP contribution in [-0.2, 0) is 25.5 Å². The highest BCUT2D eigenvalue weighted by molar-refractivity contribution is 5.88. The fourth-order valence-corrected chi connectivity index (χ4v) is 7.88. The van der Waals surface area contributed by atoms with Crippen molar-refractivity contribution in [2.45, 2.75) is 103 Å². The van der Waals surface area contributed by atoms with Gasteiger partial charge >= 0.3 is 11.9 Å². The van der Waals surface area contributed by atoms with Gasteiger partial charge in [-0.05, 0) is 124 Å². The molecule has 47 heavy (non-hydrogen) atoms. The van der Waals surface area contributed by atoms with E-state index in [4.69, 9.17) is 9.47 Å². The summed E-state index contributed by atoms with van der Waals surface area (Å²) < 4.78 is 10.9. The summed E-state index contributed by atoms with van der Waals surface area (Å²) in [6.07, 6.45) is 16.4. The van der Waals surface area contributed by atoms with Gasteiger partial charge in [-0.3, -0.25) is 0 Å². The summed E-state index contributed by atoms with van der Waals surface area (Å²) in [5.41, 5.74) is 5.94. The van der Waals surface area contributed by atoms with Gasteiger partial charge in [0.15, 0.2) is 0 Å². The van der Waals surface area contributed by atoms with Crippen molar-refractivity contribution in [2.24, 2.45) is 23.7 Å². The molecule has 2 aliphatic rings. The van der Waals surface area contributed by atoms with E-state index in [-0.39, 0.29) is 17.9 Å². The van der Waals surface area contributed by atoms with Crippen molar-refractivity contribution in [2.75, 3.05) is 26.8 Å². The van der Waals surface area contributed by atoms with Crippen LogP contribution in [0.4, 0.5) is 0 Å². The van der Waals surface area contributed by atoms with Crippen LogP contribution in [0.1, 0.15) is 108 Å². The van der Waals surface area contributed by atoms with Crippen LogP contribution < -0.4 is 5.32 Å². The lowest BCUT2D eigenvalue weighted by atomic mass is 9.68. The number of benzene rings is 2. The molecule has 2 saturated carbocycles. The molecule has 2 fully saturated rings. The van der Waals surface area contributed by atoms with E-state index < -0.39 is 0 Å². The lowest BCUT2D eigenvalue weighted by molar-refractivity contribution is -0.140. The van der Waals surface area contributed by atoms with Crippen molar-refractivity contribution in [3.8, 4) is 11.1 Å². The summed E-state index contributed by atoms with van der Waals surface area (Å²) in [5.74, 6) is 2.99. The Morgan fingerprint density at radius 2 is 1.43 bits per heavy atom. The lowest BCUT2D eigenvalue weighted by Gasteiger charge is -2.38. The van der Waals surface area contributed by atoms with Gasteiger partial charge in [-0.2, -0.15) is 0 Å². The highest BCUT2D eigenvalue weighted by Crippen LogP contribution is 2.44. The van der Waals surface area contributed by atoms with Crippen LogP contribution >= 0.6 is 0 Å². The van der Waals surface area contributed by atoms with Crippen LogP contribution in [0.15, 0.2) is 72.8 Å². The van der Waals surface area contributed by atoms with Crippen LogP contribution in [0, 0.1) is 23.7 Å². The van der Waals surface area contributed by atoms with Gasteiger partial charge in [0, 0.05) is 17.7 Å². The maximum absolute atomic E-state index is 12.1. The van der Waals surface area contributed by atoms with Crippen LogP contribution in [0.25, 0.3) is 11.1 Å². The van der Waals surface area contributed by atoms with E-state index in [0.717, 1.165) is 30.6 Å². The molecular formula is C42H59NO4. The molecule has 5 heteroatoms. The minimum Gasteiger partial charge on any atom is -0.462 e. The molecule has 0 radical (unpaired) electrons. The summed E-state index contributed by atoms with van der Waals surface area (Å²) in [7, 11) is 1.77. The maximum Gasteiger partial charge on any atom is 0.334 e. The van der Waals surface area contributed by atoms with Crippen molar-refractivity contribution >= 4 is 11.9 Å². The molecule has 256 valence electrons. The van der Waals surface area contributed by atoms with E-state index in [1.807, 2.05) is 0 Å². The summed E-state index contributed by atoms with van der Waals surface area (Å²) in [6, 6.07) is 18.0. The number of likely N-dealkylation sites (N-methyl/N-ethyl adjacent to an activating group) is 1. The first kappa shape index (κ1) is 36.7. The molecule has 0 spiro atoms. The van der Waals surface area contributed by atoms with Gasteiger partial charge in [0.1, 0.15) is 0 Å². The first-order valence-electron chi connectivity index (χ1n) is 18.3. The molecule has 1 unspecified atom stereocenters. The van der Waals surface area contributed by atoms with Gasteiger partial charge in [0.25, 0.3) is 0 Å². The second-order valence-electron chi connectivity index (χ2n) is 14.4. The van der Waals surface area contributed by atoms with E-state index in [0.29, 0.717) is 43.2 Å². The minimum absolute atomic E-state index is 0.105. The summed E-state index contributed by atoms with van der Waals surface area (Å²) in [6.45, 7) is 12.5. The summed E-state index contributed by atoms with van der Waals surface area (Å²) in [5, 5.41) is 2.91. The zero-order valence-corrected chi connectivity index (χ0v) is 29.4. The molecule has 0 amide bonds. The molecule has 2 aromatic carbocycles. The van der Waals surface area contributed by atoms with Crippen molar-refractivity contribution in [3.05, 3.63) is 84.0 Å². The summed E-state index contributed by atoms with van der Waals surface area (Å²) in [4.78, 5) is 24.1. The highest BCUT2D eigenvalue weighted by atomic mass is 16.5. The van der Waals surface area contributed by atoms with Crippen LogP contribution in [0.3, 0.4) is 0 Å². The SMILES string of the molecule is C=C(C)C(=O)OCC(CCCOC(=O)C(=C)CNC)Cc1ccc(-c2ccc(C3CCC(C4CCC(CCC)CC4)CC3)cc2)cc1. The molecule has 2 aromatic rings. The van der Waals surface area contributed by atoms with Crippen molar-refractivity contribution in [1.82, 2.24) is 5.32 Å². The Morgan fingerprint density at radius 3 is 2.00 bits per heavy atom. The molecule has 5 nitrogen and oxygen atoms in total. The molecule has 0 saturated heterocycles. The topological polar surface area (TPSA) is 64.6 Å².